The Kier molecular flexibility index (Phi) is 6.56. The number of ether oxygens (including phenoxy) is 1. The smallest absolute Gasteiger partial charge is 0.124 e. The van der Waals surface area contributed by atoms with Gasteiger partial charge in [0.2, 0.25) is 0 Å². The van der Waals surface area contributed by atoms with E-state index in [2.05, 4.69) is 19.2 Å². The van der Waals surface area contributed by atoms with E-state index in [9.17, 15) is 0 Å². The average Bonchev–Trinajstić information content (AvgIpc) is 2.53. The number of hydrogen-bond donors (Lipinski definition) is 1. The van der Waals surface area contributed by atoms with Crippen molar-refractivity contribution in [3.63, 3.8) is 0 Å². The quantitative estimate of drug-likeness (QED) is 0.724. The van der Waals surface area contributed by atoms with Crippen molar-refractivity contribution in [1.82, 2.24) is 5.32 Å². The lowest BCUT2D eigenvalue weighted by Gasteiger charge is -2.15. The molecule has 22 heavy (non-hydrogen) atoms. The summed E-state index contributed by atoms with van der Waals surface area (Å²) in [6.07, 6.45) is 1.08. The minimum atomic E-state index is 0.461. The number of halogens is 2. The Balaban J connectivity index is 2.04. The zero-order chi connectivity index (χ0) is 15.9. The molecule has 0 saturated carbocycles. The number of rotatable bonds is 7. The number of hydrogen-bond acceptors (Lipinski definition) is 2. The molecule has 2 rings (SSSR count). The Morgan fingerprint density at radius 3 is 2.41 bits per heavy atom. The number of nitrogens with one attached hydrogen (secondary N) is 1. The molecule has 0 fully saturated rings. The molecule has 2 nitrogen and oxygen atoms in total. The SMILES string of the molecule is CC[C@H](C)NCc1cc(Cl)ccc1OCc1ccc(Cl)cc1. The van der Waals surface area contributed by atoms with Crippen molar-refractivity contribution < 1.29 is 4.74 Å². The molecule has 0 amide bonds. The molecule has 118 valence electrons. The first-order valence-corrected chi connectivity index (χ1v) is 8.23. The highest BCUT2D eigenvalue weighted by Gasteiger charge is 2.07. The molecule has 2 aromatic rings. The molecule has 0 aromatic heterocycles. The first-order valence-electron chi connectivity index (χ1n) is 7.47. The molecule has 0 aliphatic heterocycles. The molecule has 0 spiro atoms. The molecule has 0 aliphatic carbocycles. The summed E-state index contributed by atoms with van der Waals surface area (Å²) in [5.74, 6) is 0.857. The van der Waals surface area contributed by atoms with Crippen LogP contribution in [0.1, 0.15) is 31.4 Å². The minimum Gasteiger partial charge on any atom is -0.489 e. The van der Waals surface area contributed by atoms with Gasteiger partial charge in [-0.3, -0.25) is 0 Å². The molecule has 1 N–H and O–H groups in total. The van der Waals surface area contributed by atoms with Gasteiger partial charge in [0.05, 0.1) is 0 Å². The van der Waals surface area contributed by atoms with Crippen LogP contribution in [0.2, 0.25) is 10.0 Å². The van der Waals surface area contributed by atoms with Crippen molar-refractivity contribution in [2.45, 2.75) is 39.5 Å². The van der Waals surface area contributed by atoms with E-state index in [4.69, 9.17) is 27.9 Å². The van der Waals surface area contributed by atoms with Crippen molar-refractivity contribution in [2.24, 2.45) is 0 Å². The van der Waals surface area contributed by atoms with Gasteiger partial charge in [-0.2, -0.15) is 0 Å². The fraction of sp³-hybridized carbons (Fsp3) is 0.333. The van der Waals surface area contributed by atoms with Crippen LogP contribution in [0.25, 0.3) is 0 Å². The highest BCUT2D eigenvalue weighted by atomic mass is 35.5. The van der Waals surface area contributed by atoms with Gasteiger partial charge in [0.25, 0.3) is 0 Å². The Bertz CT molecular complexity index is 599. The topological polar surface area (TPSA) is 21.3 Å². The fourth-order valence-electron chi connectivity index (χ4n) is 2.00. The fourth-order valence-corrected chi connectivity index (χ4v) is 2.32. The predicted octanol–water partition coefficient (Wildman–Crippen LogP) is 5.46. The maximum Gasteiger partial charge on any atom is 0.124 e. The van der Waals surface area contributed by atoms with Crippen LogP contribution in [0.5, 0.6) is 5.75 Å². The summed E-state index contributed by atoms with van der Waals surface area (Å²) in [6.45, 7) is 5.58. The summed E-state index contributed by atoms with van der Waals surface area (Å²) in [7, 11) is 0. The van der Waals surface area contributed by atoms with Crippen LogP contribution in [0.4, 0.5) is 0 Å². The summed E-state index contributed by atoms with van der Waals surface area (Å²) >= 11 is 12.0. The average molecular weight is 338 g/mol. The van der Waals surface area contributed by atoms with Crippen LogP contribution in [0, 0.1) is 0 Å². The second kappa shape index (κ2) is 8.42. The molecule has 0 heterocycles. The van der Waals surface area contributed by atoms with Crippen LogP contribution in [0.15, 0.2) is 42.5 Å². The Morgan fingerprint density at radius 1 is 1.05 bits per heavy atom. The molecule has 0 aliphatic rings. The normalized spacial score (nSPS) is 12.2. The predicted molar refractivity (Wildman–Crippen MR) is 93.8 cm³/mol. The van der Waals surface area contributed by atoms with Crippen molar-refractivity contribution in [3.8, 4) is 5.75 Å². The molecule has 4 heteroatoms. The van der Waals surface area contributed by atoms with E-state index in [-0.39, 0.29) is 0 Å². The summed E-state index contributed by atoms with van der Waals surface area (Å²) in [4.78, 5) is 0. The van der Waals surface area contributed by atoms with Gasteiger partial charge < -0.3 is 10.1 Å². The van der Waals surface area contributed by atoms with Gasteiger partial charge in [0.15, 0.2) is 0 Å². The van der Waals surface area contributed by atoms with Gasteiger partial charge in [-0.25, -0.2) is 0 Å². The van der Waals surface area contributed by atoms with Crippen molar-refractivity contribution in [1.29, 1.82) is 0 Å². The van der Waals surface area contributed by atoms with E-state index in [0.717, 1.165) is 39.9 Å². The van der Waals surface area contributed by atoms with E-state index in [1.807, 2.05) is 42.5 Å². The van der Waals surface area contributed by atoms with Gasteiger partial charge in [-0.15, -0.1) is 0 Å². The largest absolute Gasteiger partial charge is 0.489 e. The minimum absolute atomic E-state index is 0.461. The zero-order valence-corrected chi connectivity index (χ0v) is 14.4. The molecule has 0 radical (unpaired) electrons. The highest BCUT2D eigenvalue weighted by molar-refractivity contribution is 6.30. The molecule has 0 saturated heterocycles. The molecular weight excluding hydrogens is 317 g/mol. The second-order valence-corrected chi connectivity index (χ2v) is 6.23. The van der Waals surface area contributed by atoms with Gasteiger partial charge in [-0.1, -0.05) is 42.3 Å². The van der Waals surface area contributed by atoms with Crippen LogP contribution in [-0.2, 0) is 13.2 Å². The molecule has 2 aromatic carbocycles. The molecule has 0 bridgehead atoms. The van der Waals surface area contributed by atoms with E-state index in [0.29, 0.717) is 12.6 Å². The van der Waals surface area contributed by atoms with E-state index in [1.54, 1.807) is 0 Å². The third kappa shape index (κ3) is 5.20. The van der Waals surface area contributed by atoms with E-state index >= 15 is 0 Å². The van der Waals surface area contributed by atoms with Crippen LogP contribution >= 0.6 is 23.2 Å². The number of benzene rings is 2. The van der Waals surface area contributed by atoms with Gasteiger partial charge in [0.1, 0.15) is 12.4 Å². The summed E-state index contributed by atoms with van der Waals surface area (Å²) in [6, 6.07) is 13.9. The van der Waals surface area contributed by atoms with E-state index in [1.165, 1.54) is 0 Å². The van der Waals surface area contributed by atoms with Crippen molar-refractivity contribution in [3.05, 3.63) is 63.6 Å². The molecular formula is C18H21Cl2NO. The second-order valence-electron chi connectivity index (χ2n) is 5.36. The van der Waals surface area contributed by atoms with Crippen LogP contribution in [0.3, 0.4) is 0 Å². The standard InChI is InChI=1S/C18H21Cl2NO/c1-3-13(2)21-11-15-10-17(20)8-9-18(15)22-12-14-4-6-16(19)7-5-14/h4-10,13,21H,3,11-12H2,1-2H3/t13-/m0/s1. The highest BCUT2D eigenvalue weighted by Crippen LogP contribution is 2.24. The van der Waals surface area contributed by atoms with Crippen molar-refractivity contribution in [2.75, 3.05) is 0 Å². The first kappa shape index (κ1) is 17.1. The molecule has 1 atom stereocenters. The van der Waals surface area contributed by atoms with Gasteiger partial charge in [-0.05, 0) is 49.2 Å². The molecule has 0 unspecified atom stereocenters. The van der Waals surface area contributed by atoms with Crippen molar-refractivity contribution >= 4 is 23.2 Å². The maximum absolute atomic E-state index is 6.10. The Morgan fingerprint density at radius 2 is 1.73 bits per heavy atom. The van der Waals surface area contributed by atoms with Gasteiger partial charge in [0, 0.05) is 28.2 Å². The monoisotopic (exact) mass is 337 g/mol. The third-order valence-corrected chi connectivity index (χ3v) is 4.07. The first-order chi connectivity index (χ1) is 10.6. The summed E-state index contributed by atoms with van der Waals surface area (Å²) in [5, 5.41) is 4.92. The lowest BCUT2D eigenvalue weighted by atomic mass is 10.1. The third-order valence-electron chi connectivity index (χ3n) is 3.58. The summed E-state index contributed by atoms with van der Waals surface area (Å²) in [5.41, 5.74) is 2.15. The van der Waals surface area contributed by atoms with E-state index < -0.39 is 0 Å². The maximum atomic E-state index is 6.10. The Labute approximate surface area is 142 Å². The summed E-state index contributed by atoms with van der Waals surface area (Å²) < 4.78 is 5.94. The Hall–Kier alpha value is -1.22. The zero-order valence-electron chi connectivity index (χ0n) is 12.9. The lowest BCUT2D eigenvalue weighted by Crippen LogP contribution is -2.24. The van der Waals surface area contributed by atoms with Crippen LogP contribution in [-0.4, -0.2) is 6.04 Å². The lowest BCUT2D eigenvalue weighted by molar-refractivity contribution is 0.301. The van der Waals surface area contributed by atoms with Gasteiger partial charge >= 0.3 is 0 Å². The van der Waals surface area contributed by atoms with Crippen LogP contribution < -0.4 is 10.1 Å².